The average Bonchev–Trinajstić information content (AvgIpc) is 2.96. The number of likely N-dealkylation sites (tertiary alicyclic amines) is 1. The average molecular weight is 335 g/mol. The summed E-state index contributed by atoms with van der Waals surface area (Å²) in [6.07, 6.45) is 3.74. The predicted molar refractivity (Wildman–Crippen MR) is 87.0 cm³/mol. The van der Waals surface area contributed by atoms with Gasteiger partial charge in [-0.05, 0) is 26.7 Å². The van der Waals surface area contributed by atoms with Gasteiger partial charge < -0.3 is 5.32 Å². The van der Waals surface area contributed by atoms with Crippen LogP contribution in [0.1, 0.15) is 42.7 Å². The Morgan fingerprint density at radius 2 is 1.83 bits per heavy atom. The Labute approximate surface area is 139 Å². The van der Waals surface area contributed by atoms with Crippen molar-refractivity contribution < 1.29 is 14.4 Å². The topological polar surface area (TPSA) is 79.4 Å². The first-order valence-electron chi connectivity index (χ1n) is 8.06. The van der Waals surface area contributed by atoms with Gasteiger partial charge in [-0.2, -0.15) is 0 Å². The van der Waals surface area contributed by atoms with E-state index in [1.807, 2.05) is 13.8 Å². The van der Waals surface area contributed by atoms with Crippen LogP contribution in [0.3, 0.4) is 0 Å². The van der Waals surface area contributed by atoms with Crippen LogP contribution in [-0.4, -0.2) is 34.2 Å². The molecule has 23 heavy (non-hydrogen) atoms. The van der Waals surface area contributed by atoms with E-state index in [0.29, 0.717) is 5.13 Å². The number of imide groups is 1. The van der Waals surface area contributed by atoms with Gasteiger partial charge in [0, 0.05) is 17.8 Å². The Bertz CT molecular complexity index is 611. The maximum Gasteiger partial charge on any atom is 0.233 e. The highest BCUT2D eigenvalue weighted by molar-refractivity contribution is 7.15. The van der Waals surface area contributed by atoms with Gasteiger partial charge in [-0.3, -0.25) is 19.3 Å². The van der Waals surface area contributed by atoms with Gasteiger partial charge in [0.25, 0.3) is 0 Å². The van der Waals surface area contributed by atoms with Crippen molar-refractivity contribution in [1.29, 1.82) is 0 Å². The number of hydrogen-bond donors (Lipinski definition) is 1. The molecule has 3 amide bonds. The monoisotopic (exact) mass is 335 g/mol. The molecule has 0 radical (unpaired) electrons. The fourth-order valence-corrected chi connectivity index (χ4v) is 4.20. The van der Waals surface area contributed by atoms with Gasteiger partial charge in [-0.1, -0.05) is 12.8 Å². The number of aromatic nitrogens is 1. The molecule has 0 aromatic carbocycles. The minimum absolute atomic E-state index is 0.0894. The van der Waals surface area contributed by atoms with Crippen molar-refractivity contribution in [3.8, 4) is 0 Å². The number of aryl methyl sites for hydroxylation is 2. The number of amides is 3. The quantitative estimate of drug-likeness (QED) is 0.856. The molecule has 124 valence electrons. The van der Waals surface area contributed by atoms with E-state index in [9.17, 15) is 14.4 Å². The summed E-state index contributed by atoms with van der Waals surface area (Å²) in [7, 11) is 0. The van der Waals surface area contributed by atoms with Crippen molar-refractivity contribution in [2.45, 2.75) is 46.0 Å². The van der Waals surface area contributed by atoms with E-state index in [1.54, 1.807) is 0 Å². The zero-order chi connectivity index (χ0) is 16.6. The van der Waals surface area contributed by atoms with Crippen LogP contribution in [-0.2, 0) is 14.4 Å². The lowest BCUT2D eigenvalue weighted by atomic mass is 9.81. The number of anilines is 1. The largest absolute Gasteiger partial charge is 0.302 e. The molecular formula is C16H21N3O3S. The summed E-state index contributed by atoms with van der Waals surface area (Å²) >= 11 is 1.43. The third-order valence-corrected chi connectivity index (χ3v) is 5.76. The Balaban J connectivity index is 1.56. The first-order valence-corrected chi connectivity index (χ1v) is 8.88. The summed E-state index contributed by atoms with van der Waals surface area (Å²) in [5, 5.41) is 3.31. The van der Waals surface area contributed by atoms with E-state index in [4.69, 9.17) is 0 Å². The number of fused-ring (bicyclic) bond motifs is 1. The number of rotatable bonds is 4. The standard InChI is InChI=1S/C16H21N3O3S/c1-9-10(2)23-16(17-9)18-13(20)7-8-19-14(21)11-5-3-4-6-12(11)15(19)22/h11-12H,3-8H2,1-2H3,(H,17,18,20)/t11-,12-/m1/s1. The second-order valence-electron chi connectivity index (χ2n) is 6.28. The number of nitrogens with zero attached hydrogens (tertiary/aromatic N) is 2. The Hall–Kier alpha value is -1.76. The van der Waals surface area contributed by atoms with Gasteiger partial charge in [-0.25, -0.2) is 4.98 Å². The maximum atomic E-state index is 12.3. The fraction of sp³-hybridized carbons (Fsp3) is 0.625. The zero-order valence-corrected chi connectivity index (χ0v) is 14.2. The normalized spacial score (nSPS) is 24.0. The van der Waals surface area contributed by atoms with Crippen molar-refractivity contribution in [2.75, 3.05) is 11.9 Å². The molecule has 2 fully saturated rings. The Kier molecular flexibility index (Phi) is 4.48. The molecule has 2 heterocycles. The van der Waals surface area contributed by atoms with Crippen LogP contribution in [0.25, 0.3) is 0 Å². The summed E-state index contributed by atoms with van der Waals surface area (Å²) in [6.45, 7) is 4.01. The predicted octanol–water partition coefficient (Wildman–Crippen LogP) is 2.26. The molecule has 1 N–H and O–H groups in total. The molecule has 2 atom stereocenters. The summed E-state index contributed by atoms with van der Waals surface area (Å²) in [5.41, 5.74) is 0.902. The van der Waals surface area contributed by atoms with E-state index in [0.717, 1.165) is 36.3 Å². The summed E-state index contributed by atoms with van der Waals surface area (Å²) in [6, 6.07) is 0. The lowest BCUT2D eigenvalue weighted by molar-refractivity contribution is -0.140. The number of carbonyl (C=O) groups excluding carboxylic acids is 3. The van der Waals surface area contributed by atoms with Crippen molar-refractivity contribution in [3.05, 3.63) is 10.6 Å². The molecule has 3 rings (SSSR count). The third-order valence-electron chi connectivity index (χ3n) is 4.77. The molecule has 1 saturated carbocycles. The highest BCUT2D eigenvalue weighted by Crippen LogP contribution is 2.38. The molecule has 1 aromatic heterocycles. The number of thiazole rings is 1. The molecule has 0 unspecified atom stereocenters. The smallest absolute Gasteiger partial charge is 0.233 e. The van der Waals surface area contributed by atoms with Gasteiger partial charge in [-0.15, -0.1) is 11.3 Å². The molecular weight excluding hydrogens is 314 g/mol. The first-order chi connectivity index (χ1) is 11.0. The summed E-state index contributed by atoms with van der Waals surface area (Å²) in [5.74, 6) is -0.691. The molecule has 0 bridgehead atoms. The van der Waals surface area contributed by atoms with Crippen LogP contribution >= 0.6 is 11.3 Å². The van der Waals surface area contributed by atoms with E-state index >= 15 is 0 Å². The minimum Gasteiger partial charge on any atom is -0.302 e. The highest BCUT2D eigenvalue weighted by Gasteiger charge is 2.47. The number of nitrogens with one attached hydrogen (secondary N) is 1. The zero-order valence-electron chi connectivity index (χ0n) is 13.4. The van der Waals surface area contributed by atoms with Crippen LogP contribution in [0.4, 0.5) is 5.13 Å². The number of hydrogen-bond acceptors (Lipinski definition) is 5. The van der Waals surface area contributed by atoms with E-state index in [2.05, 4.69) is 10.3 Å². The molecule has 7 heteroatoms. The SMILES string of the molecule is Cc1nc(NC(=O)CCN2C(=O)[C@@H]3CCCC[C@H]3C2=O)sc1C. The van der Waals surface area contributed by atoms with Crippen LogP contribution in [0.15, 0.2) is 0 Å². The second-order valence-corrected chi connectivity index (χ2v) is 7.49. The van der Waals surface area contributed by atoms with Crippen LogP contribution < -0.4 is 5.32 Å². The molecule has 1 aliphatic heterocycles. The molecule has 0 spiro atoms. The summed E-state index contributed by atoms with van der Waals surface area (Å²) in [4.78, 5) is 43.3. The lowest BCUT2D eigenvalue weighted by Crippen LogP contribution is -2.34. The fourth-order valence-electron chi connectivity index (χ4n) is 3.37. The minimum atomic E-state index is -0.214. The highest BCUT2D eigenvalue weighted by atomic mass is 32.1. The van der Waals surface area contributed by atoms with Crippen molar-refractivity contribution in [2.24, 2.45) is 11.8 Å². The maximum absolute atomic E-state index is 12.3. The Morgan fingerprint density at radius 3 is 2.35 bits per heavy atom. The molecule has 1 aliphatic carbocycles. The molecule has 2 aliphatic rings. The third kappa shape index (κ3) is 3.15. The molecule has 1 saturated heterocycles. The van der Waals surface area contributed by atoms with E-state index in [-0.39, 0.29) is 42.5 Å². The van der Waals surface area contributed by atoms with Crippen LogP contribution in [0, 0.1) is 25.7 Å². The van der Waals surface area contributed by atoms with Crippen molar-refractivity contribution in [3.63, 3.8) is 0 Å². The first kappa shape index (κ1) is 16.1. The van der Waals surface area contributed by atoms with E-state index < -0.39 is 0 Å². The van der Waals surface area contributed by atoms with Gasteiger partial charge in [0.1, 0.15) is 0 Å². The second kappa shape index (κ2) is 6.39. The lowest BCUT2D eigenvalue weighted by Gasteiger charge is -2.19. The summed E-state index contributed by atoms with van der Waals surface area (Å²) < 4.78 is 0. The van der Waals surface area contributed by atoms with Gasteiger partial charge in [0.05, 0.1) is 17.5 Å². The van der Waals surface area contributed by atoms with Gasteiger partial charge in [0.15, 0.2) is 5.13 Å². The van der Waals surface area contributed by atoms with Gasteiger partial charge >= 0.3 is 0 Å². The number of carbonyl (C=O) groups is 3. The van der Waals surface area contributed by atoms with Gasteiger partial charge in [0.2, 0.25) is 17.7 Å². The van der Waals surface area contributed by atoms with Crippen molar-refractivity contribution >= 4 is 34.2 Å². The van der Waals surface area contributed by atoms with Crippen molar-refractivity contribution in [1.82, 2.24) is 9.88 Å². The Morgan fingerprint density at radius 1 is 1.22 bits per heavy atom. The van der Waals surface area contributed by atoms with Crippen LogP contribution in [0.2, 0.25) is 0 Å². The molecule has 1 aromatic rings. The molecule has 6 nitrogen and oxygen atoms in total. The van der Waals surface area contributed by atoms with Crippen LogP contribution in [0.5, 0.6) is 0 Å². The van der Waals surface area contributed by atoms with E-state index in [1.165, 1.54) is 16.2 Å².